The van der Waals surface area contributed by atoms with Crippen LogP contribution >= 0.6 is 0 Å². The maximum absolute atomic E-state index is 13.7. The molecule has 0 spiro atoms. The molecule has 0 aliphatic rings. The molecule has 0 saturated heterocycles. The number of hydrogen-bond donors (Lipinski definition) is 1. The predicted molar refractivity (Wildman–Crippen MR) is 93.8 cm³/mol. The first-order valence-electron chi connectivity index (χ1n) is 7.70. The van der Waals surface area contributed by atoms with E-state index in [4.69, 9.17) is 14.2 Å². The molecule has 0 aliphatic carbocycles. The fourth-order valence-corrected chi connectivity index (χ4v) is 3.76. The van der Waals surface area contributed by atoms with Gasteiger partial charge in [0.15, 0.2) is 17.1 Å². The molecule has 5 nitrogen and oxygen atoms in total. The summed E-state index contributed by atoms with van der Waals surface area (Å²) in [5.74, 6) is -0.162. The van der Waals surface area contributed by atoms with Gasteiger partial charge >= 0.3 is 6.18 Å². The van der Waals surface area contributed by atoms with Crippen molar-refractivity contribution in [2.75, 3.05) is 27.1 Å². The van der Waals surface area contributed by atoms with Gasteiger partial charge in [0.2, 0.25) is 0 Å². The van der Waals surface area contributed by atoms with Gasteiger partial charge in [-0.1, -0.05) is 12.1 Å². The van der Waals surface area contributed by atoms with Crippen LogP contribution in [0.25, 0.3) is 0 Å². The summed E-state index contributed by atoms with van der Waals surface area (Å²) in [4.78, 5) is 0.0730. The van der Waals surface area contributed by atoms with Gasteiger partial charge in [-0.25, -0.2) is 0 Å². The van der Waals surface area contributed by atoms with E-state index in [0.29, 0.717) is 11.5 Å². The Morgan fingerprint density at radius 1 is 0.926 bits per heavy atom. The zero-order valence-electron chi connectivity index (χ0n) is 14.9. The Morgan fingerprint density at radius 2 is 1.52 bits per heavy atom. The molecule has 0 amide bonds. The third-order valence-corrected chi connectivity index (χ3v) is 5.45. The van der Waals surface area contributed by atoms with Crippen molar-refractivity contribution < 1.29 is 36.7 Å². The van der Waals surface area contributed by atoms with Gasteiger partial charge in [0.1, 0.15) is 5.75 Å². The molecule has 2 aromatic rings. The fourth-order valence-electron chi connectivity index (χ4n) is 2.43. The summed E-state index contributed by atoms with van der Waals surface area (Å²) in [6.45, 7) is 0. The summed E-state index contributed by atoms with van der Waals surface area (Å²) in [6.07, 6.45) is -5.03. The summed E-state index contributed by atoms with van der Waals surface area (Å²) in [5, 5.41) is 10.4. The van der Waals surface area contributed by atoms with E-state index in [0.717, 1.165) is 12.1 Å². The Bertz CT molecular complexity index is 808. The lowest BCUT2D eigenvalue weighted by atomic mass is 9.95. The van der Waals surface area contributed by atoms with E-state index in [1.165, 1.54) is 51.7 Å². The molecule has 0 radical (unpaired) electrons. The van der Waals surface area contributed by atoms with Gasteiger partial charge in [-0.3, -0.25) is 4.21 Å². The monoisotopic (exact) mass is 404 g/mol. The first kappa shape index (κ1) is 21.0. The van der Waals surface area contributed by atoms with Crippen LogP contribution in [0.1, 0.15) is 5.56 Å². The van der Waals surface area contributed by atoms with E-state index in [9.17, 15) is 22.5 Å². The van der Waals surface area contributed by atoms with Crippen LogP contribution in [0.3, 0.4) is 0 Å². The summed E-state index contributed by atoms with van der Waals surface area (Å²) >= 11 is 0. The minimum atomic E-state index is -5.03. The highest BCUT2D eigenvalue weighted by Crippen LogP contribution is 2.41. The van der Waals surface area contributed by atoms with Gasteiger partial charge in [-0.2, -0.15) is 13.2 Å². The maximum Gasteiger partial charge on any atom is 0.422 e. The molecule has 2 atom stereocenters. The predicted octanol–water partition coefficient (Wildman–Crippen LogP) is 3.27. The third kappa shape index (κ3) is 4.36. The molecular weight excluding hydrogens is 385 g/mol. The van der Waals surface area contributed by atoms with Crippen molar-refractivity contribution >= 4 is 10.8 Å². The molecule has 1 N–H and O–H groups in total. The van der Waals surface area contributed by atoms with Gasteiger partial charge in [-0.15, -0.1) is 0 Å². The number of ether oxygens (including phenoxy) is 3. The molecular formula is C18H19F3O5S. The van der Waals surface area contributed by atoms with Crippen molar-refractivity contribution in [1.29, 1.82) is 0 Å². The highest BCUT2D eigenvalue weighted by atomic mass is 32.2. The molecule has 0 bridgehead atoms. The molecule has 0 aromatic heterocycles. The number of benzene rings is 2. The Morgan fingerprint density at radius 3 is 2.00 bits per heavy atom. The summed E-state index contributed by atoms with van der Waals surface area (Å²) in [7, 11) is 1.96. The van der Waals surface area contributed by atoms with Crippen molar-refractivity contribution in [2.24, 2.45) is 0 Å². The molecule has 9 heteroatoms. The average Bonchev–Trinajstić information content (AvgIpc) is 2.66. The Kier molecular flexibility index (Phi) is 6.38. The maximum atomic E-state index is 13.7. The molecule has 2 rings (SSSR count). The molecule has 2 aromatic carbocycles. The lowest BCUT2D eigenvalue weighted by Crippen LogP contribution is -2.46. The van der Waals surface area contributed by atoms with E-state index in [2.05, 4.69) is 0 Å². The number of methoxy groups -OCH3 is 3. The number of hydrogen-bond acceptors (Lipinski definition) is 5. The van der Waals surface area contributed by atoms with E-state index >= 15 is 0 Å². The van der Waals surface area contributed by atoms with E-state index in [-0.39, 0.29) is 10.6 Å². The van der Waals surface area contributed by atoms with Crippen molar-refractivity contribution in [1.82, 2.24) is 0 Å². The van der Waals surface area contributed by atoms with Crippen LogP contribution in [-0.4, -0.2) is 42.6 Å². The highest BCUT2D eigenvalue weighted by Gasteiger charge is 2.56. The van der Waals surface area contributed by atoms with E-state index in [1.807, 2.05) is 0 Å². The van der Waals surface area contributed by atoms with Crippen LogP contribution in [0, 0.1) is 0 Å². The Hall–Kier alpha value is -2.26. The van der Waals surface area contributed by atoms with Gasteiger partial charge < -0.3 is 19.3 Å². The first-order valence-corrected chi connectivity index (χ1v) is 9.02. The number of rotatable bonds is 7. The van der Waals surface area contributed by atoms with Crippen LogP contribution in [0.5, 0.6) is 17.2 Å². The normalized spacial score (nSPS) is 14.9. The van der Waals surface area contributed by atoms with E-state index < -0.39 is 33.9 Å². The molecule has 148 valence electrons. The second kappa shape index (κ2) is 8.18. The first-order chi connectivity index (χ1) is 12.7. The zero-order valence-corrected chi connectivity index (χ0v) is 15.7. The molecule has 0 aliphatic heterocycles. The van der Waals surface area contributed by atoms with Crippen molar-refractivity contribution in [2.45, 2.75) is 16.7 Å². The van der Waals surface area contributed by atoms with E-state index in [1.54, 1.807) is 0 Å². The minimum Gasteiger partial charge on any atom is -0.497 e. The second-order valence-corrected chi connectivity index (χ2v) is 7.04. The van der Waals surface area contributed by atoms with Crippen LogP contribution in [-0.2, 0) is 16.4 Å². The molecule has 27 heavy (non-hydrogen) atoms. The largest absolute Gasteiger partial charge is 0.497 e. The number of aliphatic hydroxyl groups is 1. The van der Waals surface area contributed by atoms with Gasteiger partial charge in [0.05, 0.1) is 37.9 Å². The topological polar surface area (TPSA) is 65.0 Å². The molecule has 0 saturated carbocycles. The van der Waals surface area contributed by atoms with Gasteiger partial charge in [0.25, 0.3) is 0 Å². The van der Waals surface area contributed by atoms with Crippen LogP contribution in [0.2, 0.25) is 0 Å². The number of halogens is 3. The average molecular weight is 404 g/mol. The van der Waals surface area contributed by atoms with Crippen molar-refractivity contribution in [3.63, 3.8) is 0 Å². The zero-order chi connectivity index (χ0) is 20.2. The summed E-state index contributed by atoms with van der Waals surface area (Å²) in [6, 6.07) is 8.90. The molecule has 0 fully saturated rings. The lowest BCUT2D eigenvalue weighted by molar-refractivity contribution is -0.256. The Balaban J connectivity index is 2.39. The Labute approximate surface area is 157 Å². The van der Waals surface area contributed by atoms with Crippen LogP contribution < -0.4 is 14.2 Å². The second-order valence-electron chi connectivity index (χ2n) is 5.59. The van der Waals surface area contributed by atoms with Gasteiger partial charge in [0, 0.05) is 11.0 Å². The highest BCUT2D eigenvalue weighted by molar-refractivity contribution is 7.85. The van der Waals surface area contributed by atoms with Gasteiger partial charge in [-0.05, 0) is 29.8 Å². The summed E-state index contributed by atoms with van der Waals surface area (Å²) < 4.78 is 68.6. The van der Waals surface area contributed by atoms with Crippen LogP contribution in [0.4, 0.5) is 13.2 Å². The fraction of sp³-hybridized carbons (Fsp3) is 0.333. The summed E-state index contributed by atoms with van der Waals surface area (Å²) in [5.41, 5.74) is -3.72. The number of alkyl halides is 3. The van der Waals surface area contributed by atoms with Crippen molar-refractivity contribution in [3.05, 3.63) is 48.0 Å². The standard InChI is InChI=1S/C18H19F3O5S/c1-24-13-6-4-12(5-7-13)17(22,18(19,20)21)11-27(23)14-8-9-15(25-2)16(10-14)26-3/h4-10,22H,11H2,1-3H3. The third-order valence-electron chi connectivity index (χ3n) is 3.99. The molecule has 2 unspecified atom stereocenters. The minimum absolute atomic E-state index is 0.0730. The SMILES string of the molecule is COc1ccc(C(O)(CS(=O)c2ccc(OC)c(OC)c2)C(F)(F)F)cc1. The van der Waals surface area contributed by atoms with Crippen LogP contribution in [0.15, 0.2) is 47.4 Å². The smallest absolute Gasteiger partial charge is 0.422 e. The molecule has 0 heterocycles. The quantitative estimate of drug-likeness (QED) is 0.767. The lowest BCUT2D eigenvalue weighted by Gasteiger charge is -2.30. The van der Waals surface area contributed by atoms with Crippen molar-refractivity contribution in [3.8, 4) is 17.2 Å².